The fraction of sp³-hybridized carbons (Fsp3) is 0.480. The predicted molar refractivity (Wildman–Crippen MR) is 138 cm³/mol. The van der Waals surface area contributed by atoms with E-state index >= 15 is 0 Å². The fourth-order valence-electron chi connectivity index (χ4n) is 5.09. The molecule has 5 rings (SSSR count). The first-order valence-corrected chi connectivity index (χ1v) is 13.0. The van der Waals surface area contributed by atoms with E-state index in [1.54, 1.807) is 0 Å². The van der Waals surface area contributed by atoms with Crippen molar-refractivity contribution in [3.05, 3.63) is 67.5 Å². The van der Waals surface area contributed by atoms with Crippen LogP contribution in [0.2, 0.25) is 15.1 Å². The van der Waals surface area contributed by atoms with E-state index in [9.17, 15) is 4.79 Å². The van der Waals surface area contributed by atoms with Crippen molar-refractivity contribution in [2.24, 2.45) is 0 Å². The topological polar surface area (TPSA) is 42.6 Å². The summed E-state index contributed by atoms with van der Waals surface area (Å²) in [7, 11) is 0. The molecule has 2 aromatic carbocycles. The highest BCUT2D eigenvalue weighted by molar-refractivity contribution is 6.42. The zero-order valence-corrected chi connectivity index (χ0v) is 21.3. The summed E-state index contributed by atoms with van der Waals surface area (Å²) < 4.78 is 9.28. The molecule has 6 nitrogen and oxygen atoms in total. The lowest BCUT2D eigenvalue weighted by Crippen LogP contribution is -2.40. The first-order valence-electron chi connectivity index (χ1n) is 11.9. The van der Waals surface area contributed by atoms with Crippen LogP contribution in [0.3, 0.4) is 0 Å². The van der Waals surface area contributed by atoms with Crippen LogP contribution in [0.5, 0.6) is 0 Å². The van der Waals surface area contributed by atoms with Gasteiger partial charge in [-0.05, 0) is 42.7 Å². The average Bonchev–Trinajstić information content (AvgIpc) is 3.11. The van der Waals surface area contributed by atoms with Crippen molar-refractivity contribution >= 4 is 45.8 Å². The maximum Gasteiger partial charge on any atom is 0.329 e. The number of imidazole rings is 1. The molecule has 2 aliphatic heterocycles. The van der Waals surface area contributed by atoms with Gasteiger partial charge in [-0.2, -0.15) is 0 Å². The molecule has 0 atom stereocenters. The molecule has 3 aromatic rings. The number of hydrogen-bond acceptors (Lipinski definition) is 4. The van der Waals surface area contributed by atoms with Crippen LogP contribution in [0.1, 0.15) is 24.4 Å². The second kappa shape index (κ2) is 10.6. The molecule has 2 saturated heterocycles. The van der Waals surface area contributed by atoms with Gasteiger partial charge in [0.1, 0.15) is 0 Å². The summed E-state index contributed by atoms with van der Waals surface area (Å²) in [5.41, 5.74) is 3.01. The van der Waals surface area contributed by atoms with E-state index in [-0.39, 0.29) is 11.7 Å². The molecule has 0 unspecified atom stereocenters. The Morgan fingerprint density at radius 2 is 1.47 bits per heavy atom. The van der Waals surface area contributed by atoms with E-state index in [4.69, 9.17) is 39.5 Å². The minimum Gasteiger partial charge on any atom is -0.379 e. The third-order valence-electron chi connectivity index (χ3n) is 6.99. The van der Waals surface area contributed by atoms with Crippen LogP contribution in [0.4, 0.5) is 0 Å². The van der Waals surface area contributed by atoms with Gasteiger partial charge in [-0.25, -0.2) is 4.79 Å². The van der Waals surface area contributed by atoms with Crippen LogP contribution in [0.25, 0.3) is 11.0 Å². The van der Waals surface area contributed by atoms with E-state index in [0.29, 0.717) is 16.6 Å². The molecule has 0 spiro atoms. The van der Waals surface area contributed by atoms with Crippen LogP contribution in [0, 0.1) is 0 Å². The number of morpholine rings is 1. The molecule has 9 heteroatoms. The maximum atomic E-state index is 13.7. The Balaban J connectivity index is 1.36. The smallest absolute Gasteiger partial charge is 0.329 e. The van der Waals surface area contributed by atoms with Crippen LogP contribution >= 0.6 is 34.8 Å². The quantitative estimate of drug-likeness (QED) is 0.459. The Morgan fingerprint density at radius 3 is 2.15 bits per heavy atom. The minimum atomic E-state index is 0.0257. The molecule has 0 aliphatic carbocycles. The van der Waals surface area contributed by atoms with Gasteiger partial charge >= 0.3 is 5.69 Å². The lowest BCUT2D eigenvalue weighted by Gasteiger charge is -2.32. The van der Waals surface area contributed by atoms with Gasteiger partial charge in [0.05, 0.1) is 34.3 Å². The molecule has 0 radical (unpaired) electrons. The Labute approximate surface area is 214 Å². The number of aromatic nitrogens is 2. The molecule has 0 bridgehead atoms. The third-order valence-corrected chi connectivity index (χ3v) is 7.96. The van der Waals surface area contributed by atoms with Crippen molar-refractivity contribution in [1.82, 2.24) is 18.9 Å². The van der Waals surface area contributed by atoms with Crippen molar-refractivity contribution in [2.75, 3.05) is 45.9 Å². The van der Waals surface area contributed by atoms with Crippen molar-refractivity contribution in [2.45, 2.75) is 32.0 Å². The van der Waals surface area contributed by atoms with E-state index < -0.39 is 0 Å². The van der Waals surface area contributed by atoms with Crippen molar-refractivity contribution in [1.29, 1.82) is 0 Å². The second-order valence-corrected chi connectivity index (χ2v) is 10.4. The number of halogens is 3. The monoisotopic (exact) mass is 522 g/mol. The summed E-state index contributed by atoms with van der Waals surface area (Å²) in [6.07, 6.45) is 1.83. The summed E-state index contributed by atoms with van der Waals surface area (Å²) in [4.78, 5) is 18.4. The maximum absolute atomic E-state index is 13.7. The van der Waals surface area contributed by atoms with Gasteiger partial charge in [0.25, 0.3) is 0 Å². The lowest BCUT2D eigenvalue weighted by atomic mass is 10.0. The summed E-state index contributed by atoms with van der Waals surface area (Å²) in [6.45, 7) is 7.46. The molecule has 0 amide bonds. The van der Waals surface area contributed by atoms with E-state index in [1.807, 2.05) is 33.4 Å². The zero-order chi connectivity index (χ0) is 23.7. The molecule has 34 heavy (non-hydrogen) atoms. The molecule has 2 fully saturated rings. The molecular formula is C25H29Cl3N4O2. The van der Waals surface area contributed by atoms with Gasteiger partial charge in [0.2, 0.25) is 0 Å². The highest BCUT2D eigenvalue weighted by Crippen LogP contribution is 2.31. The van der Waals surface area contributed by atoms with Crippen molar-refractivity contribution in [3.63, 3.8) is 0 Å². The highest BCUT2D eigenvalue weighted by atomic mass is 35.5. The van der Waals surface area contributed by atoms with E-state index in [1.165, 1.54) is 5.56 Å². The third kappa shape index (κ3) is 5.18. The fourth-order valence-corrected chi connectivity index (χ4v) is 5.53. The molecule has 0 saturated carbocycles. The minimum absolute atomic E-state index is 0.0257. The molecule has 1 aromatic heterocycles. The second-order valence-electron chi connectivity index (χ2n) is 9.15. The number of ether oxygens (including phenoxy) is 1. The average molecular weight is 524 g/mol. The zero-order valence-electron chi connectivity index (χ0n) is 19.1. The summed E-state index contributed by atoms with van der Waals surface area (Å²) >= 11 is 18.8. The van der Waals surface area contributed by atoms with Gasteiger partial charge in [0, 0.05) is 56.9 Å². The first kappa shape index (κ1) is 24.2. The Hall–Kier alpha value is -1.54. The standard InChI is InChI=1S/C25H29Cl3N4O2/c26-19-3-1-18(2-4-19)17-30-7-5-20(6-8-30)32-24-16-22(28)21(27)15-23(24)31(25(32)33)10-9-29-11-13-34-14-12-29/h1-4,15-16,20H,5-14,17H2. The lowest BCUT2D eigenvalue weighted by molar-refractivity contribution is 0.0364. The van der Waals surface area contributed by atoms with E-state index in [2.05, 4.69) is 21.9 Å². The van der Waals surface area contributed by atoms with Gasteiger partial charge < -0.3 is 4.74 Å². The number of rotatable bonds is 6. The largest absolute Gasteiger partial charge is 0.379 e. The first-order chi connectivity index (χ1) is 16.5. The van der Waals surface area contributed by atoms with E-state index in [0.717, 1.165) is 81.4 Å². The Kier molecular flexibility index (Phi) is 7.54. The molecule has 2 aliphatic rings. The van der Waals surface area contributed by atoms with Gasteiger partial charge in [-0.1, -0.05) is 46.9 Å². The van der Waals surface area contributed by atoms with Crippen LogP contribution in [0.15, 0.2) is 41.2 Å². The molecule has 3 heterocycles. The van der Waals surface area contributed by atoms with Gasteiger partial charge in [0.15, 0.2) is 0 Å². The van der Waals surface area contributed by atoms with Gasteiger partial charge in [-0.3, -0.25) is 18.9 Å². The Morgan fingerprint density at radius 1 is 0.824 bits per heavy atom. The van der Waals surface area contributed by atoms with Crippen LogP contribution in [-0.2, 0) is 17.8 Å². The SMILES string of the molecule is O=c1n(CCN2CCOCC2)c2cc(Cl)c(Cl)cc2n1C1CCN(Cc2ccc(Cl)cc2)CC1. The van der Waals surface area contributed by atoms with Crippen molar-refractivity contribution < 1.29 is 4.74 Å². The number of benzene rings is 2. The molecule has 182 valence electrons. The normalized spacial score (nSPS) is 18.7. The number of nitrogens with zero attached hydrogens (tertiary/aromatic N) is 4. The Bertz CT molecular complexity index is 1190. The summed E-state index contributed by atoms with van der Waals surface area (Å²) in [6, 6.07) is 11.9. The molecule has 0 N–H and O–H groups in total. The van der Waals surface area contributed by atoms with Gasteiger partial charge in [-0.15, -0.1) is 0 Å². The van der Waals surface area contributed by atoms with Crippen molar-refractivity contribution in [3.8, 4) is 0 Å². The van der Waals surface area contributed by atoms with Crippen LogP contribution < -0.4 is 5.69 Å². The summed E-state index contributed by atoms with van der Waals surface area (Å²) in [5.74, 6) is 0. The number of likely N-dealkylation sites (tertiary alicyclic amines) is 1. The number of piperidine rings is 1. The molecular weight excluding hydrogens is 495 g/mol. The summed E-state index contributed by atoms with van der Waals surface area (Å²) in [5, 5.41) is 1.71. The number of hydrogen-bond donors (Lipinski definition) is 0. The van der Waals surface area contributed by atoms with Crippen LogP contribution in [-0.4, -0.2) is 64.9 Å². The number of fused-ring (bicyclic) bond motifs is 1. The predicted octanol–water partition coefficient (Wildman–Crippen LogP) is 4.93. The highest BCUT2D eigenvalue weighted by Gasteiger charge is 2.26.